The van der Waals surface area contributed by atoms with Gasteiger partial charge >= 0.3 is 15.6 Å². The second-order valence-electron chi connectivity index (χ2n) is 1.64. The van der Waals surface area contributed by atoms with Crippen molar-refractivity contribution >= 4 is 9.28 Å². The summed E-state index contributed by atoms with van der Waals surface area (Å²) < 4.78 is 42.4. The van der Waals surface area contributed by atoms with E-state index in [1.165, 1.54) is 7.11 Å². The first-order valence-corrected chi connectivity index (χ1v) is 4.53. The van der Waals surface area contributed by atoms with Crippen molar-refractivity contribution in [3.8, 4) is 0 Å². The van der Waals surface area contributed by atoms with Crippen molar-refractivity contribution < 1.29 is 22.0 Å². The van der Waals surface area contributed by atoms with Crippen LogP contribution in [0, 0.1) is 0 Å². The zero-order chi connectivity index (χ0) is 8.20. The second kappa shape index (κ2) is 3.94. The lowest BCUT2D eigenvalue weighted by atomic mass is 11.0. The third kappa shape index (κ3) is 4.77. The molecule has 0 aromatic heterocycles. The van der Waals surface area contributed by atoms with E-state index in [0.717, 1.165) is 0 Å². The largest absolute Gasteiger partial charge is 0.514 e. The van der Waals surface area contributed by atoms with Crippen LogP contribution >= 0.6 is 0 Å². The molecule has 0 aliphatic heterocycles. The van der Waals surface area contributed by atoms with Crippen LogP contribution in [0.5, 0.6) is 0 Å². The van der Waals surface area contributed by atoms with E-state index in [1.807, 2.05) is 0 Å². The molecule has 0 aliphatic carbocycles. The molecule has 0 aliphatic rings. The maximum absolute atomic E-state index is 11.4. The number of hydrogen-bond acceptors (Lipinski definition) is 2. The molecule has 0 saturated carbocycles. The molecule has 0 aromatic rings. The van der Waals surface area contributed by atoms with E-state index in [0.29, 0.717) is 6.04 Å². The Morgan fingerprint density at radius 3 is 2.00 bits per heavy atom. The highest BCUT2D eigenvalue weighted by molar-refractivity contribution is 6.44. The van der Waals surface area contributed by atoms with Gasteiger partial charge in [0.2, 0.25) is 0 Å². The van der Waals surface area contributed by atoms with Crippen molar-refractivity contribution in [2.24, 2.45) is 0 Å². The molecule has 0 radical (unpaired) electrons. The Bertz CT molecular complexity index is 91.0. The molecule has 0 bridgehead atoms. The monoisotopic (exact) mass is 174 g/mol. The fourth-order valence-electron chi connectivity index (χ4n) is 0.447. The lowest BCUT2D eigenvalue weighted by Crippen LogP contribution is -2.28. The summed E-state index contributed by atoms with van der Waals surface area (Å²) >= 11 is 0. The van der Waals surface area contributed by atoms with Gasteiger partial charge in [0.1, 0.15) is 0 Å². The van der Waals surface area contributed by atoms with Gasteiger partial charge in [-0.2, -0.15) is 0 Å². The van der Waals surface area contributed by atoms with E-state index in [2.05, 4.69) is 8.85 Å². The van der Waals surface area contributed by atoms with Crippen LogP contribution in [0.3, 0.4) is 0 Å². The van der Waals surface area contributed by atoms with Gasteiger partial charge in [0.15, 0.2) is 0 Å². The van der Waals surface area contributed by atoms with Crippen molar-refractivity contribution in [1.82, 2.24) is 0 Å². The summed E-state index contributed by atoms with van der Waals surface area (Å²) in [4.78, 5) is 0. The molecule has 1 atom stereocenters. The Morgan fingerprint density at radius 1 is 1.40 bits per heavy atom. The van der Waals surface area contributed by atoms with Crippen molar-refractivity contribution in [3.63, 3.8) is 0 Å². The Hall–Kier alpha value is -0.0731. The lowest BCUT2D eigenvalue weighted by molar-refractivity contribution is -0.283. The number of hydrogen-bond donors (Lipinski definition) is 0. The second-order valence-corrected chi connectivity index (χ2v) is 4.02. The fourth-order valence-corrected chi connectivity index (χ4v) is 1.34. The van der Waals surface area contributed by atoms with E-state index in [-0.39, 0.29) is 0 Å². The molecular weight excluding hydrogens is 165 g/mol. The van der Waals surface area contributed by atoms with Crippen LogP contribution in [0.15, 0.2) is 0 Å². The Balaban J connectivity index is 3.63. The van der Waals surface area contributed by atoms with E-state index >= 15 is 0 Å². The van der Waals surface area contributed by atoms with Gasteiger partial charge in [-0.05, 0) is 6.04 Å². The van der Waals surface area contributed by atoms with Crippen LogP contribution in [-0.4, -0.2) is 22.8 Å². The molecule has 0 fully saturated rings. The zero-order valence-corrected chi connectivity index (χ0v) is 6.89. The van der Waals surface area contributed by atoms with Crippen molar-refractivity contribution in [1.29, 1.82) is 0 Å². The lowest BCUT2D eigenvalue weighted by Gasteiger charge is -2.13. The predicted octanol–water partition coefficient (Wildman–Crippen LogP) is 1.41. The third-order valence-electron chi connectivity index (χ3n) is 0.861. The topological polar surface area (TPSA) is 18.5 Å². The summed E-state index contributed by atoms with van der Waals surface area (Å²) in [6.07, 6.45) is -4.54. The summed E-state index contributed by atoms with van der Waals surface area (Å²) in [5.41, 5.74) is 0. The van der Waals surface area contributed by atoms with E-state index in [9.17, 15) is 13.2 Å². The van der Waals surface area contributed by atoms with Gasteiger partial charge in [-0.1, -0.05) is 6.92 Å². The average molecular weight is 174 g/mol. The molecule has 6 heteroatoms. The molecule has 0 amide bonds. The standard InChI is InChI=1S/C4H9F3O2Si/c1-3-10(8-2)9-4(5,6)7/h10H,3H2,1-2H3. The number of rotatable bonds is 3. The molecular formula is C4H9F3O2Si. The van der Waals surface area contributed by atoms with Crippen molar-refractivity contribution in [2.45, 2.75) is 19.3 Å². The molecule has 2 nitrogen and oxygen atoms in total. The molecule has 1 unspecified atom stereocenters. The minimum Gasteiger partial charge on any atom is -0.400 e. The van der Waals surface area contributed by atoms with Crippen LogP contribution in [-0.2, 0) is 8.85 Å². The SMILES string of the molecule is CC[SiH](OC)OC(F)(F)F. The van der Waals surface area contributed by atoms with Gasteiger partial charge in [-0.3, -0.25) is 0 Å². The maximum atomic E-state index is 11.4. The zero-order valence-electron chi connectivity index (χ0n) is 5.73. The highest BCUT2D eigenvalue weighted by Gasteiger charge is 2.33. The average Bonchev–Trinajstić information content (AvgIpc) is 1.81. The number of halogens is 3. The van der Waals surface area contributed by atoms with Gasteiger partial charge in [-0.25, -0.2) is 0 Å². The highest BCUT2D eigenvalue weighted by Crippen LogP contribution is 2.18. The molecule has 62 valence electrons. The Kier molecular flexibility index (Phi) is 3.91. The minimum absolute atomic E-state index is 0.315. The first-order chi connectivity index (χ1) is 4.49. The third-order valence-corrected chi connectivity index (χ3v) is 2.58. The van der Waals surface area contributed by atoms with Crippen molar-refractivity contribution in [2.75, 3.05) is 7.11 Å². The maximum Gasteiger partial charge on any atom is 0.514 e. The quantitative estimate of drug-likeness (QED) is 0.602. The summed E-state index contributed by atoms with van der Waals surface area (Å²) in [7, 11) is -1.21. The van der Waals surface area contributed by atoms with Gasteiger partial charge < -0.3 is 8.85 Å². The summed E-state index contributed by atoms with van der Waals surface area (Å²) in [5.74, 6) is 0. The molecule has 0 N–H and O–H groups in total. The summed E-state index contributed by atoms with van der Waals surface area (Å²) in [6, 6.07) is 0.315. The van der Waals surface area contributed by atoms with Gasteiger partial charge in [0, 0.05) is 7.11 Å². The molecule has 0 heterocycles. The fraction of sp³-hybridized carbons (Fsp3) is 1.00. The molecule has 0 aromatic carbocycles. The van der Waals surface area contributed by atoms with Crippen LogP contribution in [0.1, 0.15) is 6.92 Å². The first-order valence-electron chi connectivity index (χ1n) is 2.77. The Morgan fingerprint density at radius 2 is 1.90 bits per heavy atom. The smallest absolute Gasteiger partial charge is 0.400 e. The van der Waals surface area contributed by atoms with Crippen LogP contribution < -0.4 is 0 Å². The van der Waals surface area contributed by atoms with E-state index < -0.39 is 15.6 Å². The summed E-state index contributed by atoms with van der Waals surface area (Å²) in [6.45, 7) is 1.60. The van der Waals surface area contributed by atoms with Gasteiger partial charge in [0.05, 0.1) is 0 Å². The molecule has 0 rings (SSSR count). The molecule has 10 heavy (non-hydrogen) atoms. The van der Waals surface area contributed by atoms with Gasteiger partial charge in [-0.15, -0.1) is 13.2 Å². The van der Waals surface area contributed by atoms with Gasteiger partial charge in [0.25, 0.3) is 0 Å². The molecule has 0 spiro atoms. The molecule has 0 saturated heterocycles. The van der Waals surface area contributed by atoms with E-state index in [1.54, 1.807) is 6.92 Å². The summed E-state index contributed by atoms with van der Waals surface area (Å²) in [5, 5.41) is 0. The first kappa shape index (κ1) is 9.93. The van der Waals surface area contributed by atoms with Crippen molar-refractivity contribution in [3.05, 3.63) is 0 Å². The number of alkyl halides is 3. The Labute approximate surface area is 58.8 Å². The normalized spacial score (nSPS) is 15.3. The highest BCUT2D eigenvalue weighted by atomic mass is 28.3. The van der Waals surface area contributed by atoms with Crippen LogP contribution in [0.4, 0.5) is 13.2 Å². The van der Waals surface area contributed by atoms with E-state index in [4.69, 9.17) is 0 Å². The predicted molar refractivity (Wildman–Crippen MR) is 31.8 cm³/mol. The van der Waals surface area contributed by atoms with Crippen LogP contribution in [0.2, 0.25) is 6.04 Å². The van der Waals surface area contributed by atoms with Crippen LogP contribution in [0.25, 0.3) is 0 Å². The minimum atomic E-state index is -4.54.